The summed E-state index contributed by atoms with van der Waals surface area (Å²) in [6.07, 6.45) is 4.77. The minimum atomic E-state index is -0.693. The predicted octanol–water partition coefficient (Wildman–Crippen LogP) is 4.31. The third kappa shape index (κ3) is 4.17. The number of nitrogens with one attached hydrogen (secondary N) is 1. The Bertz CT molecular complexity index is 922. The van der Waals surface area contributed by atoms with Crippen molar-refractivity contribution in [2.75, 3.05) is 18.4 Å². The Balaban J connectivity index is 1.30. The second kappa shape index (κ2) is 8.08. The smallest absolute Gasteiger partial charge is 0.412 e. The third-order valence-corrected chi connectivity index (χ3v) is 6.12. The lowest BCUT2D eigenvalue weighted by Gasteiger charge is -2.45. The Morgan fingerprint density at radius 3 is 2.87 bits per heavy atom. The lowest BCUT2D eigenvalue weighted by Crippen LogP contribution is -2.41. The zero-order valence-electron chi connectivity index (χ0n) is 17.2. The average molecular weight is 415 g/mol. The molecular weight excluding hydrogens is 389 g/mol. The number of likely N-dealkylation sites (tertiary alicyclic amines) is 1. The summed E-state index contributed by atoms with van der Waals surface area (Å²) in [5, 5.41) is 2.52. The van der Waals surface area contributed by atoms with Crippen molar-refractivity contribution in [1.29, 1.82) is 0 Å². The molecule has 2 fully saturated rings. The van der Waals surface area contributed by atoms with E-state index in [9.17, 15) is 14.0 Å². The van der Waals surface area contributed by atoms with Gasteiger partial charge in [0, 0.05) is 24.7 Å². The number of anilines is 1. The molecule has 1 saturated heterocycles. The normalized spacial score (nSPS) is 22.9. The quantitative estimate of drug-likeness (QED) is 0.786. The van der Waals surface area contributed by atoms with Gasteiger partial charge in [-0.2, -0.15) is 0 Å². The first-order valence-electron chi connectivity index (χ1n) is 10.2. The number of carbonyl (C=O) groups is 2. The third-order valence-electron chi connectivity index (χ3n) is 6.12. The number of rotatable bonds is 5. The minimum Gasteiger partial charge on any atom is -0.445 e. The Morgan fingerprint density at radius 1 is 1.40 bits per heavy atom. The fourth-order valence-electron chi connectivity index (χ4n) is 4.57. The molecule has 2 amide bonds. The van der Waals surface area contributed by atoms with Crippen molar-refractivity contribution in [3.05, 3.63) is 47.9 Å². The van der Waals surface area contributed by atoms with Gasteiger partial charge in [-0.25, -0.2) is 14.2 Å². The molecular formula is C22H26FN3O4. The van der Waals surface area contributed by atoms with Crippen LogP contribution in [-0.4, -0.2) is 35.0 Å². The number of amides is 2. The topological polar surface area (TPSA) is 84.7 Å². The molecule has 0 unspecified atom stereocenters. The first-order chi connectivity index (χ1) is 14.3. The summed E-state index contributed by atoms with van der Waals surface area (Å²) in [5.74, 6) is 0.441. The average Bonchev–Trinajstić information content (AvgIpc) is 3.35. The lowest BCUT2D eigenvalue weighted by molar-refractivity contribution is -0.134. The van der Waals surface area contributed by atoms with E-state index >= 15 is 0 Å². The van der Waals surface area contributed by atoms with Crippen LogP contribution in [0.4, 0.5) is 14.9 Å². The van der Waals surface area contributed by atoms with Crippen LogP contribution in [0.2, 0.25) is 0 Å². The highest BCUT2D eigenvalue weighted by molar-refractivity contribution is 5.84. The summed E-state index contributed by atoms with van der Waals surface area (Å²) in [5.41, 5.74) is 1.13. The van der Waals surface area contributed by atoms with Crippen LogP contribution < -0.4 is 5.32 Å². The Morgan fingerprint density at radius 2 is 2.20 bits per heavy atom. The number of nitrogens with zero attached hydrogens (tertiary/aromatic N) is 2. The van der Waals surface area contributed by atoms with Crippen molar-refractivity contribution in [2.24, 2.45) is 11.3 Å². The van der Waals surface area contributed by atoms with Crippen molar-refractivity contribution in [2.45, 2.75) is 45.6 Å². The van der Waals surface area contributed by atoms with Gasteiger partial charge in [0.25, 0.3) is 0 Å². The van der Waals surface area contributed by atoms with Gasteiger partial charge in [0.05, 0.1) is 6.20 Å². The second-order valence-electron chi connectivity index (χ2n) is 8.67. The molecule has 2 heterocycles. The zero-order chi connectivity index (χ0) is 21.3. The Hall–Kier alpha value is -2.90. The molecule has 160 valence electrons. The Kier molecular flexibility index (Phi) is 5.49. The fourth-order valence-corrected chi connectivity index (χ4v) is 4.57. The van der Waals surface area contributed by atoms with Crippen LogP contribution in [0.25, 0.3) is 0 Å². The summed E-state index contributed by atoms with van der Waals surface area (Å²) in [7, 11) is 0. The predicted molar refractivity (Wildman–Crippen MR) is 107 cm³/mol. The monoisotopic (exact) mass is 415 g/mol. The summed E-state index contributed by atoms with van der Waals surface area (Å²) in [4.78, 5) is 29.8. The Labute approximate surface area is 174 Å². The summed E-state index contributed by atoms with van der Waals surface area (Å²) in [6, 6.07) is 4.73. The number of ether oxygens (including phenoxy) is 1. The zero-order valence-corrected chi connectivity index (χ0v) is 17.2. The van der Waals surface area contributed by atoms with Crippen molar-refractivity contribution < 1.29 is 23.1 Å². The van der Waals surface area contributed by atoms with Gasteiger partial charge in [-0.05, 0) is 48.3 Å². The number of hydrogen-bond donors (Lipinski definition) is 1. The molecule has 1 aromatic carbocycles. The van der Waals surface area contributed by atoms with Gasteiger partial charge < -0.3 is 14.1 Å². The van der Waals surface area contributed by atoms with Crippen molar-refractivity contribution in [3.8, 4) is 0 Å². The van der Waals surface area contributed by atoms with Crippen LogP contribution >= 0.6 is 0 Å². The molecule has 2 aromatic rings. The van der Waals surface area contributed by atoms with E-state index in [1.165, 1.54) is 18.7 Å². The largest absolute Gasteiger partial charge is 0.445 e. The number of benzene rings is 1. The van der Waals surface area contributed by atoms with Crippen LogP contribution in [-0.2, 0) is 16.1 Å². The molecule has 30 heavy (non-hydrogen) atoms. The van der Waals surface area contributed by atoms with E-state index in [0.717, 1.165) is 32.4 Å². The number of oxazole rings is 1. The van der Waals surface area contributed by atoms with Crippen molar-refractivity contribution >= 4 is 17.7 Å². The van der Waals surface area contributed by atoms with E-state index in [0.29, 0.717) is 17.0 Å². The van der Waals surface area contributed by atoms with E-state index in [-0.39, 0.29) is 35.6 Å². The highest BCUT2D eigenvalue weighted by atomic mass is 19.1. The molecule has 0 radical (unpaired) electrons. The molecule has 1 N–H and O–H groups in total. The van der Waals surface area contributed by atoms with E-state index in [1.54, 1.807) is 12.1 Å². The van der Waals surface area contributed by atoms with E-state index < -0.39 is 6.09 Å². The molecule has 1 aliphatic heterocycles. The summed E-state index contributed by atoms with van der Waals surface area (Å²) >= 11 is 0. The van der Waals surface area contributed by atoms with Crippen LogP contribution in [0.3, 0.4) is 0 Å². The molecule has 1 saturated carbocycles. The molecule has 1 aromatic heterocycles. The molecule has 1 aliphatic carbocycles. The fraction of sp³-hybridized carbons (Fsp3) is 0.500. The molecule has 0 atom stereocenters. The number of hydrogen-bond acceptors (Lipinski definition) is 5. The maximum Gasteiger partial charge on any atom is 0.412 e. The van der Waals surface area contributed by atoms with Crippen LogP contribution in [0.1, 0.15) is 50.4 Å². The van der Waals surface area contributed by atoms with Gasteiger partial charge in [0.1, 0.15) is 5.82 Å². The van der Waals surface area contributed by atoms with Gasteiger partial charge in [-0.3, -0.25) is 10.1 Å². The van der Waals surface area contributed by atoms with Gasteiger partial charge in [-0.15, -0.1) is 0 Å². The second-order valence-corrected chi connectivity index (χ2v) is 8.67. The number of aromatic nitrogens is 1. The molecule has 8 heteroatoms. The van der Waals surface area contributed by atoms with Crippen LogP contribution in [0, 0.1) is 17.2 Å². The van der Waals surface area contributed by atoms with Gasteiger partial charge in [0.15, 0.2) is 18.8 Å². The molecule has 7 nitrogen and oxygen atoms in total. The van der Waals surface area contributed by atoms with Crippen LogP contribution in [0.15, 0.2) is 35.2 Å². The SMILES string of the molecule is CC(C)C(=O)N1CCC2(CC(c3ccc(NC(=O)OCc4cnco4)cc3F)C2)C1. The molecule has 4 rings (SSSR count). The summed E-state index contributed by atoms with van der Waals surface area (Å²) < 4.78 is 24.7. The van der Waals surface area contributed by atoms with E-state index in [2.05, 4.69) is 10.3 Å². The maximum atomic E-state index is 14.7. The molecule has 2 aliphatic rings. The van der Waals surface area contributed by atoms with Gasteiger partial charge >= 0.3 is 6.09 Å². The minimum absolute atomic E-state index is 0.0101. The number of halogens is 1. The van der Waals surface area contributed by atoms with Crippen molar-refractivity contribution in [3.63, 3.8) is 0 Å². The number of carbonyl (C=O) groups excluding carboxylic acids is 2. The highest BCUT2D eigenvalue weighted by Crippen LogP contribution is 2.56. The lowest BCUT2D eigenvalue weighted by atomic mass is 9.59. The van der Waals surface area contributed by atoms with Crippen LogP contribution in [0.5, 0.6) is 0 Å². The maximum absolute atomic E-state index is 14.7. The van der Waals surface area contributed by atoms with Gasteiger partial charge in [0.2, 0.25) is 5.91 Å². The van der Waals surface area contributed by atoms with E-state index in [1.807, 2.05) is 18.7 Å². The highest BCUT2D eigenvalue weighted by Gasteiger charge is 2.50. The van der Waals surface area contributed by atoms with Gasteiger partial charge in [-0.1, -0.05) is 19.9 Å². The first-order valence-corrected chi connectivity index (χ1v) is 10.2. The molecule has 0 bridgehead atoms. The van der Waals surface area contributed by atoms with E-state index in [4.69, 9.17) is 9.15 Å². The molecule has 1 spiro atoms. The standard InChI is InChI=1S/C22H26FN3O4/c1-14(2)20(27)26-6-5-22(12-26)8-15(9-22)18-4-3-16(7-19(18)23)25-21(28)29-11-17-10-24-13-30-17/h3-4,7,10,13-15H,5-6,8-9,11-12H2,1-2H3,(H,25,28). The van der Waals surface area contributed by atoms with Crippen molar-refractivity contribution in [1.82, 2.24) is 9.88 Å². The summed E-state index contributed by atoms with van der Waals surface area (Å²) in [6.45, 7) is 5.37. The first kappa shape index (κ1) is 20.4.